The van der Waals surface area contributed by atoms with E-state index >= 15 is 0 Å². The van der Waals surface area contributed by atoms with Crippen LogP contribution in [0.25, 0.3) is 0 Å². The van der Waals surface area contributed by atoms with Gasteiger partial charge in [-0.05, 0) is 22.9 Å². The van der Waals surface area contributed by atoms with Gasteiger partial charge in [-0.15, -0.1) is 10.2 Å². The molecule has 0 saturated heterocycles. The first-order valence-corrected chi connectivity index (χ1v) is 5.34. The third kappa shape index (κ3) is 3.25. The largest absolute Gasteiger partial charge is 0.497 e. The van der Waals surface area contributed by atoms with Crippen LogP contribution in [-0.4, -0.2) is 27.3 Å². The second-order valence-corrected chi connectivity index (χ2v) is 3.65. The minimum atomic E-state index is 0.602. The van der Waals surface area contributed by atoms with Crippen molar-refractivity contribution in [2.75, 3.05) is 7.11 Å². The van der Waals surface area contributed by atoms with Crippen molar-refractivity contribution in [3.05, 3.63) is 35.7 Å². The molecule has 6 nitrogen and oxygen atoms in total. The molecule has 0 aliphatic carbocycles. The summed E-state index contributed by atoms with van der Waals surface area (Å²) in [5.41, 5.74) is 1.16. The summed E-state index contributed by atoms with van der Waals surface area (Å²) in [6, 6.07) is 7.93. The Kier molecular flexibility index (Phi) is 3.66. The number of aromatic nitrogens is 4. The van der Waals surface area contributed by atoms with Crippen molar-refractivity contribution in [2.45, 2.75) is 13.1 Å². The third-order valence-corrected chi connectivity index (χ3v) is 2.30. The quantitative estimate of drug-likeness (QED) is 0.815. The van der Waals surface area contributed by atoms with Crippen LogP contribution in [-0.2, 0) is 20.1 Å². The zero-order valence-corrected chi connectivity index (χ0v) is 9.92. The summed E-state index contributed by atoms with van der Waals surface area (Å²) in [5, 5.41) is 15.0. The lowest BCUT2D eigenvalue weighted by molar-refractivity contribution is 0.414. The van der Waals surface area contributed by atoms with Crippen molar-refractivity contribution in [2.24, 2.45) is 7.05 Å². The van der Waals surface area contributed by atoms with E-state index in [1.54, 1.807) is 14.2 Å². The Bertz CT molecular complexity index is 482. The van der Waals surface area contributed by atoms with Crippen LogP contribution in [0.3, 0.4) is 0 Å². The van der Waals surface area contributed by atoms with Crippen LogP contribution in [0.5, 0.6) is 5.75 Å². The van der Waals surface area contributed by atoms with Gasteiger partial charge in [-0.1, -0.05) is 12.1 Å². The summed E-state index contributed by atoms with van der Waals surface area (Å²) in [4.78, 5) is 1.45. The van der Waals surface area contributed by atoms with Crippen molar-refractivity contribution in [1.82, 2.24) is 25.5 Å². The Morgan fingerprint density at radius 3 is 2.94 bits per heavy atom. The molecule has 0 aliphatic heterocycles. The van der Waals surface area contributed by atoms with Gasteiger partial charge in [-0.3, -0.25) is 0 Å². The molecule has 0 spiro atoms. The fourth-order valence-electron chi connectivity index (χ4n) is 1.50. The van der Waals surface area contributed by atoms with E-state index in [0.717, 1.165) is 17.9 Å². The standard InChI is InChI=1S/C11H15N5O/c1-16-14-11(13-15-16)8-12-7-9-4-3-5-10(6-9)17-2/h3-6,12H,7-8H2,1-2H3. The monoisotopic (exact) mass is 233 g/mol. The smallest absolute Gasteiger partial charge is 0.188 e. The highest BCUT2D eigenvalue weighted by molar-refractivity contribution is 5.28. The number of benzene rings is 1. The van der Waals surface area contributed by atoms with Gasteiger partial charge in [0.15, 0.2) is 5.82 Å². The fourth-order valence-corrected chi connectivity index (χ4v) is 1.50. The van der Waals surface area contributed by atoms with Gasteiger partial charge in [-0.25, -0.2) is 0 Å². The molecule has 0 atom stereocenters. The molecule has 0 saturated carbocycles. The van der Waals surface area contributed by atoms with E-state index in [4.69, 9.17) is 4.74 Å². The summed E-state index contributed by atoms with van der Waals surface area (Å²) in [6.45, 7) is 1.35. The molecule has 0 fully saturated rings. The molecular weight excluding hydrogens is 218 g/mol. The first-order valence-electron chi connectivity index (χ1n) is 5.34. The minimum absolute atomic E-state index is 0.602. The molecule has 0 amide bonds. The van der Waals surface area contributed by atoms with Crippen molar-refractivity contribution in [1.29, 1.82) is 0 Å². The fraction of sp³-hybridized carbons (Fsp3) is 0.364. The Balaban J connectivity index is 1.85. The Morgan fingerprint density at radius 1 is 1.35 bits per heavy atom. The summed E-state index contributed by atoms with van der Waals surface area (Å²) < 4.78 is 5.16. The molecule has 0 bridgehead atoms. The molecule has 0 unspecified atom stereocenters. The highest BCUT2D eigenvalue weighted by Gasteiger charge is 2.00. The van der Waals surface area contributed by atoms with E-state index in [-0.39, 0.29) is 0 Å². The summed E-state index contributed by atoms with van der Waals surface area (Å²) in [7, 11) is 3.41. The molecule has 6 heteroatoms. The third-order valence-electron chi connectivity index (χ3n) is 2.30. The maximum Gasteiger partial charge on any atom is 0.188 e. The maximum absolute atomic E-state index is 5.16. The molecule has 90 valence electrons. The van der Waals surface area contributed by atoms with Gasteiger partial charge in [0, 0.05) is 6.54 Å². The molecule has 0 aliphatic rings. The highest BCUT2D eigenvalue weighted by Crippen LogP contribution is 2.12. The molecular formula is C11H15N5O. The van der Waals surface area contributed by atoms with Crippen molar-refractivity contribution >= 4 is 0 Å². The topological polar surface area (TPSA) is 64.9 Å². The molecule has 17 heavy (non-hydrogen) atoms. The molecule has 1 aromatic heterocycles. The number of tetrazole rings is 1. The molecule has 1 aromatic carbocycles. The maximum atomic E-state index is 5.16. The number of nitrogens with zero attached hydrogens (tertiary/aromatic N) is 4. The number of rotatable bonds is 5. The van der Waals surface area contributed by atoms with Crippen molar-refractivity contribution < 1.29 is 4.74 Å². The summed E-state index contributed by atoms with van der Waals surface area (Å²) >= 11 is 0. The van der Waals surface area contributed by atoms with Gasteiger partial charge in [0.05, 0.1) is 20.7 Å². The Labute approximate surface area is 99.6 Å². The van der Waals surface area contributed by atoms with Gasteiger partial charge in [-0.2, -0.15) is 4.80 Å². The zero-order chi connectivity index (χ0) is 12.1. The molecule has 2 rings (SSSR count). The lowest BCUT2D eigenvalue weighted by Gasteiger charge is -2.04. The van der Waals surface area contributed by atoms with Crippen LogP contribution in [0.1, 0.15) is 11.4 Å². The van der Waals surface area contributed by atoms with Gasteiger partial charge in [0.2, 0.25) is 0 Å². The number of hydrogen-bond donors (Lipinski definition) is 1. The molecule has 2 aromatic rings. The van der Waals surface area contributed by atoms with Crippen LogP contribution in [0.2, 0.25) is 0 Å². The Hall–Kier alpha value is -1.95. The number of methoxy groups -OCH3 is 1. The van der Waals surface area contributed by atoms with Gasteiger partial charge < -0.3 is 10.1 Å². The molecule has 1 N–H and O–H groups in total. The lowest BCUT2D eigenvalue weighted by Crippen LogP contribution is -2.14. The predicted molar refractivity (Wildman–Crippen MR) is 62.3 cm³/mol. The van der Waals surface area contributed by atoms with Gasteiger partial charge in [0.25, 0.3) is 0 Å². The number of nitrogens with one attached hydrogen (secondary N) is 1. The van der Waals surface area contributed by atoms with E-state index in [2.05, 4.69) is 20.7 Å². The highest BCUT2D eigenvalue weighted by atomic mass is 16.5. The average molecular weight is 233 g/mol. The van der Waals surface area contributed by atoms with Crippen LogP contribution in [0, 0.1) is 0 Å². The van der Waals surface area contributed by atoms with Crippen LogP contribution in [0.4, 0.5) is 0 Å². The van der Waals surface area contributed by atoms with E-state index in [0.29, 0.717) is 12.4 Å². The van der Waals surface area contributed by atoms with E-state index in [1.165, 1.54) is 4.80 Å². The number of ether oxygens (including phenoxy) is 1. The van der Waals surface area contributed by atoms with E-state index in [1.807, 2.05) is 24.3 Å². The van der Waals surface area contributed by atoms with Gasteiger partial charge >= 0.3 is 0 Å². The Morgan fingerprint density at radius 2 is 2.24 bits per heavy atom. The van der Waals surface area contributed by atoms with E-state index in [9.17, 15) is 0 Å². The second-order valence-electron chi connectivity index (χ2n) is 3.65. The second kappa shape index (κ2) is 5.40. The predicted octanol–water partition coefficient (Wildman–Crippen LogP) is 0.508. The van der Waals surface area contributed by atoms with Crippen LogP contribution < -0.4 is 10.1 Å². The molecule has 0 radical (unpaired) electrons. The SMILES string of the molecule is COc1cccc(CNCc2nnn(C)n2)c1. The first kappa shape index (κ1) is 11.5. The number of hydrogen-bond acceptors (Lipinski definition) is 5. The minimum Gasteiger partial charge on any atom is -0.497 e. The van der Waals surface area contributed by atoms with Crippen molar-refractivity contribution in [3.8, 4) is 5.75 Å². The summed E-state index contributed by atoms with van der Waals surface area (Å²) in [5.74, 6) is 1.55. The van der Waals surface area contributed by atoms with Crippen molar-refractivity contribution in [3.63, 3.8) is 0 Å². The zero-order valence-electron chi connectivity index (χ0n) is 9.92. The molecule has 1 heterocycles. The lowest BCUT2D eigenvalue weighted by atomic mass is 10.2. The van der Waals surface area contributed by atoms with Crippen LogP contribution in [0.15, 0.2) is 24.3 Å². The average Bonchev–Trinajstić information content (AvgIpc) is 2.75. The first-order chi connectivity index (χ1) is 8.28. The van der Waals surface area contributed by atoms with E-state index < -0.39 is 0 Å². The summed E-state index contributed by atoms with van der Waals surface area (Å²) in [6.07, 6.45) is 0. The van der Waals surface area contributed by atoms with Gasteiger partial charge in [0.1, 0.15) is 5.75 Å². The normalized spacial score (nSPS) is 10.5. The number of aryl methyl sites for hydroxylation is 1. The van der Waals surface area contributed by atoms with Crippen LogP contribution >= 0.6 is 0 Å².